The Hall–Kier alpha value is -9.45. The van der Waals surface area contributed by atoms with E-state index in [1.54, 1.807) is 24.3 Å². The van der Waals surface area contributed by atoms with Crippen molar-refractivity contribution < 1.29 is 66.9 Å². The van der Waals surface area contributed by atoms with Gasteiger partial charge in [-0.1, -0.05) is 48.5 Å². The first-order valence-corrected chi connectivity index (χ1v) is 35.2. The van der Waals surface area contributed by atoms with E-state index < -0.39 is 131 Å². The summed E-state index contributed by atoms with van der Waals surface area (Å²) in [7, 11) is 0. The number of aromatic hydroxyl groups is 1. The largest absolute Gasteiger partial charge is 0.508 e. The number of aliphatic hydroxyl groups is 1. The Labute approximate surface area is 578 Å². The minimum Gasteiger partial charge on any atom is -0.508 e. The molecule has 1 aliphatic carbocycles. The minimum absolute atomic E-state index is 0.0343. The van der Waals surface area contributed by atoms with Gasteiger partial charge in [0.1, 0.15) is 53.6 Å². The van der Waals surface area contributed by atoms with Crippen LogP contribution in [0.1, 0.15) is 97.4 Å². The maximum absolute atomic E-state index is 15.1. The number of aliphatic hydroxyl groups excluding tert-OH is 1. The van der Waals surface area contributed by atoms with Crippen molar-refractivity contribution in [2.45, 2.75) is 144 Å². The summed E-state index contributed by atoms with van der Waals surface area (Å²) in [6.45, 7) is 0.906. The first kappa shape index (κ1) is 73.8. The molecule has 25 nitrogen and oxygen atoms in total. The molecule has 29 heteroatoms. The number of phenols is 1. The van der Waals surface area contributed by atoms with Crippen LogP contribution in [-0.4, -0.2) is 169 Å². The van der Waals surface area contributed by atoms with Gasteiger partial charge < -0.3 is 73.8 Å². The lowest BCUT2D eigenvalue weighted by molar-refractivity contribution is -0.142. The van der Waals surface area contributed by atoms with Crippen molar-refractivity contribution in [1.82, 2.24) is 57.1 Å². The normalized spacial score (nSPS) is 23.1. The summed E-state index contributed by atoms with van der Waals surface area (Å²) < 4.78 is 29.8. The van der Waals surface area contributed by atoms with E-state index in [1.807, 2.05) is 24.3 Å². The number of fused-ring (bicyclic) bond motifs is 5. The Kier molecular flexibility index (Phi) is 26.4. The zero-order valence-corrected chi connectivity index (χ0v) is 56.3. The number of nitrogens with one attached hydrogen (secondary N) is 9. The Morgan fingerprint density at radius 2 is 1.41 bits per heavy atom. The Bertz CT molecular complexity index is 3930. The summed E-state index contributed by atoms with van der Waals surface area (Å²) >= 11 is 2.89. The van der Waals surface area contributed by atoms with E-state index in [0.29, 0.717) is 93.9 Å². The molecule has 0 unspecified atom stereocenters. The van der Waals surface area contributed by atoms with Gasteiger partial charge >= 0.3 is 0 Å². The van der Waals surface area contributed by atoms with Gasteiger partial charge in [-0.2, -0.15) is 23.5 Å². The Morgan fingerprint density at radius 1 is 0.727 bits per heavy atom. The number of thioether (sulfide) groups is 2. The molecule has 0 saturated carbocycles. The van der Waals surface area contributed by atoms with Crippen LogP contribution < -0.4 is 48.7 Å². The van der Waals surface area contributed by atoms with Crippen LogP contribution in [0.4, 0.5) is 8.78 Å². The van der Waals surface area contributed by atoms with Crippen molar-refractivity contribution in [2.24, 2.45) is 17.4 Å². The van der Waals surface area contributed by atoms with Crippen molar-refractivity contribution >= 4 is 98.9 Å². The van der Waals surface area contributed by atoms with Gasteiger partial charge in [-0.05, 0) is 133 Å². The molecular formula is C70H83F2N13O12S2. The number of primary amides is 1. The molecule has 1 saturated heterocycles. The van der Waals surface area contributed by atoms with Gasteiger partial charge in [-0.3, -0.25) is 47.9 Å². The number of aromatic nitrogens is 3. The lowest BCUT2D eigenvalue weighted by Crippen LogP contribution is -2.62. The number of Topliss-reactive ketones (excluding diaryl/α,β-unsaturated/α-hetero) is 1. The van der Waals surface area contributed by atoms with E-state index in [0.717, 1.165) is 11.1 Å². The van der Waals surface area contributed by atoms with E-state index in [1.165, 1.54) is 96.5 Å². The third-order valence-corrected chi connectivity index (χ3v) is 19.8. The maximum Gasteiger partial charge on any atom is 0.246 e. The lowest BCUT2D eigenvalue weighted by atomic mass is 9.97. The van der Waals surface area contributed by atoms with Crippen molar-refractivity contribution in [3.05, 3.63) is 160 Å². The van der Waals surface area contributed by atoms with E-state index in [9.17, 15) is 52.6 Å². The molecule has 0 radical (unpaired) electrons. The highest BCUT2D eigenvalue weighted by Gasteiger charge is 2.41. The van der Waals surface area contributed by atoms with Crippen LogP contribution >= 0.6 is 23.5 Å². The number of carbonyl (C=O) groups is 10. The number of imidazole rings is 1. The number of H-pyrrole nitrogens is 2. The number of carbonyl (C=O) groups excluding carboxylic acids is 10. The van der Waals surface area contributed by atoms with Crippen LogP contribution in [0, 0.1) is 17.6 Å². The van der Waals surface area contributed by atoms with Crippen molar-refractivity contribution in [1.29, 1.82) is 0 Å². The average Bonchev–Trinajstić information content (AvgIpc) is 1.73. The third kappa shape index (κ3) is 20.8. The SMILES string of the molecule is C[C@@H](O)[C@@H]1NC(=O)[C@H](CC2=CCc3ccc(F)cc32)NC(=O)[C@H](Cc2c[nH]c3ccc(F)cc23)NC(=O)CNC(=O)[C@H](CCCCN)NC(=O)CCSCc2cccc(c2)CSC[C@@H](C(N)=O)CC(=O)[C@@H]2CCCN2C(=O)[C@H](Cc2ccc(O)cc2)NC(=O)[C@H](Cc2cnc[nH]2)NC1=O. The number of amides is 9. The van der Waals surface area contributed by atoms with Crippen molar-refractivity contribution in [3.8, 4) is 5.75 Å². The van der Waals surface area contributed by atoms with Crippen LogP contribution in [0.25, 0.3) is 16.5 Å². The maximum atomic E-state index is 15.1. The number of aromatic amines is 2. The van der Waals surface area contributed by atoms with E-state index in [4.69, 9.17) is 11.5 Å². The molecule has 9 rings (SSSR count). The van der Waals surface area contributed by atoms with Crippen molar-refractivity contribution in [3.63, 3.8) is 0 Å². The molecule has 2 aliphatic heterocycles. The molecule has 0 spiro atoms. The number of allylic oxidation sites excluding steroid dienone is 1. The van der Waals surface area contributed by atoms with Gasteiger partial charge in [0.05, 0.1) is 30.9 Å². The van der Waals surface area contributed by atoms with E-state index in [-0.39, 0.29) is 69.4 Å². The quantitative estimate of drug-likeness (QED) is 0.0697. The fourth-order valence-electron chi connectivity index (χ4n) is 12.3. The summed E-state index contributed by atoms with van der Waals surface area (Å²) in [5.74, 6) is -8.55. The number of rotatable bonds is 14. The zero-order chi connectivity index (χ0) is 70.7. The number of nitrogens with two attached hydrogens (primary N) is 2. The monoisotopic (exact) mass is 1400 g/mol. The van der Waals surface area contributed by atoms with E-state index in [2.05, 4.69) is 52.2 Å². The predicted molar refractivity (Wildman–Crippen MR) is 368 cm³/mol. The fourth-order valence-corrected chi connectivity index (χ4v) is 14.3. The highest BCUT2D eigenvalue weighted by Crippen LogP contribution is 2.32. The molecule has 1 fully saturated rings. The molecule has 9 amide bonds. The fraction of sp³-hybridized carbons (Fsp3) is 0.414. The standard InChI is InChI=1S/C70H83F2N13O12S2/c1-39(86)63-69(96)82-57(31-49-33-75-38-78-49)67(94)83-58(25-40-10-17-50(87)18-11-40)70(97)85-22-5-9-59(85)60(88)28-46(64(74)91)37-99-36-42-7-4-6-41(24-42)35-98-23-20-61(89)79-54(8-2-3-21-73)65(92)77-34-62(90)80-55(27-45-32-76-53-19-16-48(72)30-52(45)53)66(93)81-56(68(95)84-63)26-44-13-12-43-14-15-47(71)29-51(43)44/h4,6-7,10-11,13-19,24,29-30,32-33,38-39,46,54-59,63,76,86-87H,2-3,5,8-9,12,20-23,25-28,31,34-37,73H2,1H3,(H2,74,91)(H,75,78)(H,77,92)(H,79,89)(H,80,90)(H,81,93)(H,82,96)(H,83,94)(H,84,95)/t39-,46+,54+,55+,56+,57+,58+,59+,63+/m1/s1. The summed E-state index contributed by atoms with van der Waals surface area (Å²) in [6, 6.07) is 11.4. The Balaban J connectivity index is 1.04. The molecule has 2 aromatic heterocycles. The number of phenolic OH excluding ortho intramolecular Hbond substituents is 1. The molecule has 15 N–H and O–H groups in total. The highest BCUT2D eigenvalue weighted by atomic mass is 32.2. The van der Waals surface area contributed by atoms with Gasteiger partial charge in [-0.15, -0.1) is 0 Å². The van der Waals surface area contributed by atoms with Gasteiger partial charge in [0.2, 0.25) is 53.2 Å². The number of benzene rings is 4. The van der Waals surface area contributed by atoms with E-state index >= 15 is 14.4 Å². The Morgan fingerprint density at radius 3 is 2.14 bits per heavy atom. The lowest BCUT2D eigenvalue weighted by Gasteiger charge is -2.31. The van der Waals surface area contributed by atoms with Gasteiger partial charge in [0, 0.05) is 97.1 Å². The first-order valence-electron chi connectivity index (χ1n) is 32.9. The van der Waals surface area contributed by atoms with Gasteiger partial charge in [0.15, 0.2) is 5.78 Å². The number of unbranched alkanes of at least 4 members (excludes halogenated alkanes) is 1. The number of hydrogen-bond donors (Lipinski definition) is 13. The van der Waals surface area contributed by atoms with Crippen LogP contribution in [0.3, 0.4) is 0 Å². The summed E-state index contributed by atoms with van der Waals surface area (Å²) in [5.41, 5.74) is 16.8. The smallest absolute Gasteiger partial charge is 0.246 e. The molecular weight excluding hydrogens is 1320 g/mol. The topological polar surface area (TPSA) is 395 Å². The molecule has 6 aromatic rings. The minimum atomic E-state index is -1.89. The zero-order valence-electron chi connectivity index (χ0n) is 54.6. The summed E-state index contributed by atoms with van der Waals surface area (Å²) in [4.78, 5) is 155. The number of nitrogens with zero attached hydrogens (tertiary/aromatic N) is 2. The molecule has 4 aromatic carbocycles. The average molecular weight is 1400 g/mol. The molecule has 2 bridgehead atoms. The van der Waals surface area contributed by atoms with Crippen LogP contribution in [-0.2, 0) is 85.1 Å². The number of halogens is 2. The third-order valence-electron chi connectivity index (χ3n) is 17.6. The number of ketones is 1. The first-order chi connectivity index (χ1) is 47.6. The van der Waals surface area contributed by atoms with Crippen LogP contribution in [0.5, 0.6) is 5.75 Å². The second kappa shape index (κ2) is 35.4. The summed E-state index contributed by atoms with van der Waals surface area (Å²) in [6.07, 6.45) is 4.95. The second-order valence-corrected chi connectivity index (χ2v) is 27.2. The molecule has 3 aliphatic rings. The van der Waals surface area contributed by atoms with Gasteiger partial charge in [-0.25, -0.2) is 13.8 Å². The predicted octanol–water partition coefficient (Wildman–Crippen LogP) is 3.09. The van der Waals surface area contributed by atoms with Crippen LogP contribution in [0.15, 0.2) is 110 Å². The molecule has 526 valence electrons. The highest BCUT2D eigenvalue weighted by molar-refractivity contribution is 7.98. The molecule has 9 atom stereocenters. The summed E-state index contributed by atoms with van der Waals surface area (Å²) in [5, 5.41) is 40.6. The number of hydrogen-bond acceptors (Lipinski definition) is 16. The second-order valence-electron chi connectivity index (χ2n) is 25.0. The van der Waals surface area contributed by atoms with Crippen LogP contribution in [0.2, 0.25) is 0 Å². The molecule has 99 heavy (non-hydrogen) atoms. The van der Waals surface area contributed by atoms with Gasteiger partial charge in [0.25, 0.3) is 0 Å². The van der Waals surface area contributed by atoms with Crippen molar-refractivity contribution in [2.75, 3.05) is 31.1 Å². The molecule has 4 heterocycles.